The minimum Gasteiger partial charge on any atom is -0.351 e. The van der Waals surface area contributed by atoms with Crippen LogP contribution < -0.4 is 16.0 Å². The van der Waals surface area contributed by atoms with E-state index in [2.05, 4.69) is 22.9 Å². The normalized spacial score (nSPS) is 33.6. The number of urea groups is 1. The number of nitrogens with zero attached hydrogens (tertiary/aromatic N) is 1. The molecule has 0 aromatic rings. The summed E-state index contributed by atoms with van der Waals surface area (Å²) in [6.07, 6.45) is 6.34. The molecule has 1 saturated carbocycles. The van der Waals surface area contributed by atoms with Gasteiger partial charge in [0.15, 0.2) is 0 Å². The van der Waals surface area contributed by atoms with Gasteiger partial charge in [0, 0.05) is 12.6 Å². The zero-order valence-electron chi connectivity index (χ0n) is 14.4. The summed E-state index contributed by atoms with van der Waals surface area (Å²) in [6.45, 7) is 3.70. The Morgan fingerprint density at radius 2 is 2.04 bits per heavy atom. The quantitative estimate of drug-likeness (QED) is 0.661. The second-order valence-corrected chi connectivity index (χ2v) is 7.37. The van der Waals surface area contributed by atoms with Crippen LogP contribution in [0.3, 0.4) is 0 Å². The van der Waals surface area contributed by atoms with Crippen molar-refractivity contribution in [3.63, 3.8) is 0 Å². The average Bonchev–Trinajstić information content (AvgIpc) is 2.81. The van der Waals surface area contributed by atoms with E-state index in [0.717, 1.165) is 50.1 Å². The molecular weight excluding hydrogens is 308 g/mol. The summed E-state index contributed by atoms with van der Waals surface area (Å²) >= 11 is 0. The van der Waals surface area contributed by atoms with Crippen molar-refractivity contribution in [2.45, 2.75) is 63.5 Å². The van der Waals surface area contributed by atoms with Crippen LogP contribution in [0.1, 0.15) is 51.9 Å². The van der Waals surface area contributed by atoms with Gasteiger partial charge in [0.25, 0.3) is 5.91 Å². The van der Waals surface area contributed by atoms with Crippen molar-refractivity contribution < 1.29 is 14.4 Å². The zero-order valence-corrected chi connectivity index (χ0v) is 14.4. The molecule has 134 valence electrons. The highest BCUT2D eigenvalue weighted by molar-refractivity contribution is 6.09. The van der Waals surface area contributed by atoms with Crippen LogP contribution >= 0.6 is 0 Å². The molecule has 0 unspecified atom stereocenters. The number of hydrogen-bond donors (Lipinski definition) is 3. The number of nitrogens with one attached hydrogen (secondary N) is 3. The van der Waals surface area contributed by atoms with E-state index >= 15 is 0 Å². The summed E-state index contributed by atoms with van der Waals surface area (Å²) in [6, 6.07) is -0.340. The molecule has 3 fully saturated rings. The first-order valence-corrected chi connectivity index (χ1v) is 9.18. The molecule has 0 aromatic carbocycles. The second kappa shape index (κ2) is 7.09. The first-order valence-electron chi connectivity index (χ1n) is 9.18. The summed E-state index contributed by atoms with van der Waals surface area (Å²) in [7, 11) is 0. The van der Waals surface area contributed by atoms with Crippen LogP contribution in [0.25, 0.3) is 0 Å². The predicted molar refractivity (Wildman–Crippen MR) is 89.3 cm³/mol. The van der Waals surface area contributed by atoms with E-state index in [0.29, 0.717) is 18.8 Å². The molecular formula is C17H28N4O3. The lowest BCUT2D eigenvalue weighted by Gasteiger charge is -2.34. The zero-order chi connectivity index (χ0) is 17.2. The van der Waals surface area contributed by atoms with Crippen LogP contribution in [-0.4, -0.2) is 54.0 Å². The molecule has 3 N–H and O–H groups in total. The fourth-order valence-corrected chi connectivity index (χ4v) is 4.13. The Morgan fingerprint density at radius 1 is 1.29 bits per heavy atom. The monoisotopic (exact) mass is 336 g/mol. The van der Waals surface area contributed by atoms with Gasteiger partial charge in [-0.15, -0.1) is 0 Å². The first kappa shape index (κ1) is 17.2. The van der Waals surface area contributed by atoms with Crippen molar-refractivity contribution >= 4 is 17.8 Å². The third-order valence-electron chi connectivity index (χ3n) is 5.75. The number of rotatable bonds is 4. The third-order valence-corrected chi connectivity index (χ3v) is 5.75. The van der Waals surface area contributed by atoms with E-state index in [-0.39, 0.29) is 24.4 Å². The number of carbonyl (C=O) groups is 3. The van der Waals surface area contributed by atoms with E-state index < -0.39 is 11.6 Å². The molecule has 2 heterocycles. The molecule has 0 aromatic heterocycles. The molecule has 7 heteroatoms. The van der Waals surface area contributed by atoms with E-state index in [9.17, 15) is 14.4 Å². The van der Waals surface area contributed by atoms with Gasteiger partial charge in [-0.25, -0.2) is 4.79 Å². The van der Waals surface area contributed by atoms with Crippen LogP contribution in [0.4, 0.5) is 4.79 Å². The van der Waals surface area contributed by atoms with Gasteiger partial charge in [-0.3, -0.25) is 14.5 Å². The average molecular weight is 336 g/mol. The van der Waals surface area contributed by atoms with Crippen LogP contribution in [0.5, 0.6) is 0 Å². The fourth-order valence-electron chi connectivity index (χ4n) is 4.13. The van der Waals surface area contributed by atoms with Gasteiger partial charge in [-0.05, 0) is 51.0 Å². The lowest BCUT2D eigenvalue weighted by Crippen LogP contribution is -2.51. The molecule has 1 spiro atoms. The van der Waals surface area contributed by atoms with Gasteiger partial charge in [-0.2, -0.15) is 0 Å². The minimum absolute atomic E-state index is 0.0842. The summed E-state index contributed by atoms with van der Waals surface area (Å²) in [5, 5.41) is 9.02. The molecule has 0 radical (unpaired) electrons. The van der Waals surface area contributed by atoms with Crippen LogP contribution in [0.15, 0.2) is 0 Å². The molecule has 2 aliphatic heterocycles. The highest BCUT2D eigenvalue weighted by atomic mass is 16.2. The Hall–Kier alpha value is -1.63. The smallest absolute Gasteiger partial charge is 0.325 e. The topological polar surface area (TPSA) is 90.5 Å². The molecule has 1 atom stereocenters. The van der Waals surface area contributed by atoms with E-state index in [1.165, 1.54) is 0 Å². The molecule has 4 amide bonds. The molecule has 0 bridgehead atoms. The lowest BCUT2D eigenvalue weighted by molar-refractivity contribution is -0.136. The summed E-state index contributed by atoms with van der Waals surface area (Å²) in [5.41, 5.74) is -0.768. The van der Waals surface area contributed by atoms with E-state index in [4.69, 9.17) is 0 Å². The van der Waals surface area contributed by atoms with Crippen LogP contribution in [0.2, 0.25) is 0 Å². The SMILES string of the molecule is CCC1CCC2(CC1)NC(=O)N(CC(=O)N[C@H]1CCCNC1)C2=O. The van der Waals surface area contributed by atoms with Crippen molar-refractivity contribution in [3.05, 3.63) is 0 Å². The number of hydrogen-bond acceptors (Lipinski definition) is 4. The molecule has 3 aliphatic rings. The van der Waals surface area contributed by atoms with Crippen molar-refractivity contribution in [1.82, 2.24) is 20.9 Å². The number of piperidine rings is 1. The maximum atomic E-state index is 12.8. The third kappa shape index (κ3) is 3.41. The van der Waals surface area contributed by atoms with Gasteiger partial charge in [-0.1, -0.05) is 13.3 Å². The maximum Gasteiger partial charge on any atom is 0.325 e. The Morgan fingerprint density at radius 3 is 2.67 bits per heavy atom. The summed E-state index contributed by atoms with van der Waals surface area (Å²) in [4.78, 5) is 38.3. The van der Waals surface area contributed by atoms with Gasteiger partial charge in [0.2, 0.25) is 5.91 Å². The van der Waals surface area contributed by atoms with Crippen molar-refractivity contribution in [2.75, 3.05) is 19.6 Å². The Kier molecular flexibility index (Phi) is 5.08. The molecule has 2 saturated heterocycles. The number of carbonyl (C=O) groups excluding carboxylic acids is 3. The first-order chi connectivity index (χ1) is 11.5. The standard InChI is InChI=1S/C17H28N4O3/c1-2-12-5-7-17(8-6-12)15(23)21(16(24)20-17)11-14(22)19-13-4-3-9-18-10-13/h12-13,18H,2-11H2,1H3,(H,19,22)(H,20,24)/t12?,13-,17?/m0/s1. The highest BCUT2D eigenvalue weighted by Gasteiger charge is 2.52. The molecule has 24 heavy (non-hydrogen) atoms. The van der Waals surface area contributed by atoms with Crippen molar-refractivity contribution in [3.8, 4) is 0 Å². The molecule has 3 rings (SSSR count). The summed E-state index contributed by atoms with van der Waals surface area (Å²) < 4.78 is 0. The number of imide groups is 1. The van der Waals surface area contributed by atoms with Gasteiger partial charge in [0.05, 0.1) is 0 Å². The minimum atomic E-state index is -0.768. The van der Waals surface area contributed by atoms with Gasteiger partial charge < -0.3 is 16.0 Å². The highest BCUT2D eigenvalue weighted by Crippen LogP contribution is 2.37. The molecule has 1 aliphatic carbocycles. The number of amides is 4. The largest absolute Gasteiger partial charge is 0.351 e. The Labute approximate surface area is 142 Å². The fraction of sp³-hybridized carbons (Fsp3) is 0.824. The lowest BCUT2D eigenvalue weighted by atomic mass is 9.75. The summed E-state index contributed by atoms with van der Waals surface area (Å²) in [5.74, 6) is 0.155. The predicted octanol–water partition coefficient (Wildman–Crippen LogP) is 0.745. The van der Waals surface area contributed by atoms with E-state index in [1.807, 2.05) is 0 Å². The Bertz CT molecular complexity index is 508. The van der Waals surface area contributed by atoms with E-state index in [1.54, 1.807) is 0 Å². The van der Waals surface area contributed by atoms with Gasteiger partial charge in [0.1, 0.15) is 12.1 Å². The van der Waals surface area contributed by atoms with Crippen LogP contribution in [0, 0.1) is 5.92 Å². The molecule has 7 nitrogen and oxygen atoms in total. The van der Waals surface area contributed by atoms with Crippen LogP contribution in [-0.2, 0) is 9.59 Å². The van der Waals surface area contributed by atoms with Gasteiger partial charge >= 0.3 is 6.03 Å². The van der Waals surface area contributed by atoms with Crippen molar-refractivity contribution in [1.29, 1.82) is 0 Å². The Balaban J connectivity index is 1.57. The maximum absolute atomic E-state index is 12.8. The second-order valence-electron chi connectivity index (χ2n) is 7.37. The van der Waals surface area contributed by atoms with Crippen molar-refractivity contribution in [2.24, 2.45) is 5.92 Å².